The molecule has 4 N–H and O–H groups in total. The van der Waals surface area contributed by atoms with E-state index in [4.69, 9.17) is 10.5 Å². The molecule has 8 nitrogen and oxygen atoms in total. The number of fused-ring (bicyclic) bond motifs is 1. The van der Waals surface area contributed by atoms with Gasteiger partial charge in [0.15, 0.2) is 6.61 Å². The highest BCUT2D eigenvalue weighted by molar-refractivity contribution is 6.15. The summed E-state index contributed by atoms with van der Waals surface area (Å²) in [4.78, 5) is 11.8. The smallest absolute Gasteiger partial charge is 0.258 e. The highest BCUT2D eigenvalue weighted by Gasteiger charge is 2.17. The van der Waals surface area contributed by atoms with E-state index in [1.165, 1.54) is 5.56 Å². The van der Waals surface area contributed by atoms with Gasteiger partial charge in [-0.3, -0.25) is 9.89 Å². The van der Waals surface area contributed by atoms with Gasteiger partial charge in [0.2, 0.25) is 0 Å². The fraction of sp³-hybridized carbons (Fsp3) is 0.304. The van der Waals surface area contributed by atoms with Crippen LogP contribution in [0.4, 0.5) is 0 Å². The number of rotatable bonds is 8. The minimum absolute atomic E-state index is 0.0419. The molecule has 3 aromatic rings. The van der Waals surface area contributed by atoms with Gasteiger partial charge in [0, 0.05) is 36.4 Å². The molecule has 2 heterocycles. The first-order chi connectivity index (χ1) is 15.0. The van der Waals surface area contributed by atoms with Crippen molar-refractivity contribution >= 4 is 28.2 Å². The second-order valence-electron chi connectivity index (χ2n) is 7.90. The lowest BCUT2D eigenvalue weighted by Gasteiger charge is -2.13. The Balaban J connectivity index is 1.39. The van der Waals surface area contributed by atoms with Crippen LogP contribution in [0.1, 0.15) is 37.0 Å². The van der Waals surface area contributed by atoms with Gasteiger partial charge in [0.05, 0.1) is 23.1 Å². The number of carbonyl (C=O) groups is 1. The number of benzene rings is 2. The molecule has 1 aromatic heterocycles. The number of carbonyl (C=O) groups excluding carboxylic acids is 1. The van der Waals surface area contributed by atoms with Gasteiger partial charge >= 0.3 is 0 Å². The summed E-state index contributed by atoms with van der Waals surface area (Å²) in [6, 6.07) is 12.0. The number of hydrogen-bond acceptors (Lipinski definition) is 6. The molecule has 8 heteroatoms. The average Bonchev–Trinajstić information content (AvgIpc) is 3.41. The Morgan fingerprint density at radius 2 is 2.10 bits per heavy atom. The second kappa shape index (κ2) is 9.09. The lowest BCUT2D eigenvalue weighted by Crippen LogP contribution is -2.34. The number of aromatic amines is 1. The van der Waals surface area contributed by atoms with Gasteiger partial charge in [-0.2, -0.15) is 15.3 Å². The molecule has 0 aliphatic carbocycles. The SMILES string of the molecule is CC(C)NC(=O)COc1ccc(C2=NN=C(Cc3ccc4[nH]ncc4c3)C2)cc1CN. The van der Waals surface area contributed by atoms with E-state index < -0.39 is 0 Å². The quantitative estimate of drug-likeness (QED) is 0.521. The van der Waals surface area contributed by atoms with Crippen LogP contribution in [0.3, 0.4) is 0 Å². The number of nitrogens with one attached hydrogen (secondary N) is 2. The van der Waals surface area contributed by atoms with Crippen LogP contribution in [0.25, 0.3) is 10.9 Å². The average molecular weight is 419 g/mol. The van der Waals surface area contributed by atoms with Crippen molar-refractivity contribution in [2.24, 2.45) is 15.9 Å². The predicted octanol–water partition coefficient (Wildman–Crippen LogP) is 2.72. The molecular formula is C23H26N6O2. The van der Waals surface area contributed by atoms with Crippen molar-refractivity contribution in [3.8, 4) is 5.75 Å². The molecule has 0 radical (unpaired) electrons. The number of H-pyrrole nitrogens is 1. The third kappa shape index (κ3) is 4.97. The molecule has 0 saturated heterocycles. The lowest BCUT2D eigenvalue weighted by molar-refractivity contribution is -0.123. The van der Waals surface area contributed by atoms with Crippen molar-refractivity contribution < 1.29 is 9.53 Å². The van der Waals surface area contributed by atoms with Gasteiger partial charge in [0.25, 0.3) is 5.91 Å². The molecule has 4 rings (SSSR count). The topological polar surface area (TPSA) is 118 Å². The van der Waals surface area contributed by atoms with Crippen LogP contribution in [-0.2, 0) is 17.8 Å². The molecule has 0 bridgehead atoms. The molecule has 2 aromatic carbocycles. The molecule has 1 amide bonds. The summed E-state index contributed by atoms with van der Waals surface area (Å²) in [5.74, 6) is 0.451. The fourth-order valence-corrected chi connectivity index (χ4v) is 3.56. The maximum absolute atomic E-state index is 11.8. The zero-order valence-electron chi connectivity index (χ0n) is 17.7. The first-order valence-electron chi connectivity index (χ1n) is 10.3. The van der Waals surface area contributed by atoms with Gasteiger partial charge in [-0.1, -0.05) is 6.07 Å². The number of hydrogen-bond donors (Lipinski definition) is 3. The third-order valence-corrected chi connectivity index (χ3v) is 5.02. The third-order valence-electron chi connectivity index (χ3n) is 5.02. The number of amides is 1. The normalized spacial score (nSPS) is 13.4. The summed E-state index contributed by atoms with van der Waals surface area (Å²) in [5.41, 5.74) is 11.8. The first kappa shape index (κ1) is 20.7. The van der Waals surface area contributed by atoms with Crippen LogP contribution >= 0.6 is 0 Å². The fourth-order valence-electron chi connectivity index (χ4n) is 3.56. The molecule has 0 saturated carbocycles. The number of nitrogens with two attached hydrogens (primary N) is 1. The molecular weight excluding hydrogens is 392 g/mol. The van der Waals surface area contributed by atoms with E-state index >= 15 is 0 Å². The highest BCUT2D eigenvalue weighted by Crippen LogP contribution is 2.23. The van der Waals surface area contributed by atoms with Gasteiger partial charge in [0.1, 0.15) is 5.75 Å². The van der Waals surface area contributed by atoms with Crippen LogP contribution in [0.5, 0.6) is 5.75 Å². The predicted molar refractivity (Wildman–Crippen MR) is 121 cm³/mol. The molecule has 0 atom stereocenters. The van der Waals surface area contributed by atoms with Crippen molar-refractivity contribution in [2.75, 3.05) is 6.61 Å². The highest BCUT2D eigenvalue weighted by atomic mass is 16.5. The number of aromatic nitrogens is 2. The Morgan fingerprint density at radius 3 is 2.90 bits per heavy atom. The van der Waals surface area contributed by atoms with Crippen LogP contribution in [0, 0.1) is 0 Å². The Kier molecular flexibility index (Phi) is 6.08. The van der Waals surface area contributed by atoms with Crippen molar-refractivity contribution in [3.05, 3.63) is 59.3 Å². The maximum atomic E-state index is 11.8. The van der Waals surface area contributed by atoms with Crippen LogP contribution in [-0.4, -0.2) is 40.2 Å². The molecule has 31 heavy (non-hydrogen) atoms. The van der Waals surface area contributed by atoms with Crippen LogP contribution in [0.15, 0.2) is 52.8 Å². The standard InChI is InChI=1S/C23H26N6O2/c1-14(2)26-23(30)13-31-22-6-4-16(9-17(22)11-24)21-10-19(27-29-21)8-15-3-5-20-18(7-15)12-25-28-20/h3-7,9,12,14H,8,10-11,13,24H2,1-2H3,(H,25,28)(H,26,30). The number of nitrogens with zero attached hydrogens (tertiary/aromatic N) is 3. The van der Waals surface area contributed by atoms with E-state index in [0.717, 1.165) is 39.9 Å². The first-order valence-corrected chi connectivity index (χ1v) is 10.3. The zero-order chi connectivity index (χ0) is 21.8. The van der Waals surface area contributed by atoms with Crippen molar-refractivity contribution in [1.82, 2.24) is 15.5 Å². The van der Waals surface area contributed by atoms with Crippen molar-refractivity contribution in [3.63, 3.8) is 0 Å². The van der Waals surface area contributed by atoms with E-state index in [1.807, 2.05) is 44.3 Å². The Hall–Kier alpha value is -3.52. The summed E-state index contributed by atoms with van der Waals surface area (Å²) in [6.45, 7) is 4.08. The van der Waals surface area contributed by atoms with Crippen molar-refractivity contribution in [1.29, 1.82) is 0 Å². The van der Waals surface area contributed by atoms with E-state index in [1.54, 1.807) is 0 Å². The van der Waals surface area contributed by atoms with Gasteiger partial charge in [-0.25, -0.2) is 0 Å². The minimum atomic E-state index is -0.158. The molecule has 0 fully saturated rings. The molecule has 1 aliphatic rings. The number of ether oxygens (including phenoxy) is 1. The largest absolute Gasteiger partial charge is 0.483 e. The maximum Gasteiger partial charge on any atom is 0.258 e. The zero-order valence-corrected chi connectivity index (χ0v) is 17.7. The summed E-state index contributed by atoms with van der Waals surface area (Å²) >= 11 is 0. The lowest BCUT2D eigenvalue weighted by atomic mass is 9.99. The summed E-state index contributed by atoms with van der Waals surface area (Å²) in [6.07, 6.45) is 3.25. The Labute approximate surface area is 180 Å². The molecule has 160 valence electrons. The minimum Gasteiger partial charge on any atom is -0.483 e. The van der Waals surface area contributed by atoms with Gasteiger partial charge < -0.3 is 15.8 Å². The Morgan fingerprint density at radius 1 is 1.23 bits per heavy atom. The Bertz CT molecular complexity index is 1160. The summed E-state index contributed by atoms with van der Waals surface area (Å²) in [5, 5.41) is 19.7. The molecule has 0 spiro atoms. The van der Waals surface area contributed by atoms with Gasteiger partial charge in [-0.15, -0.1) is 0 Å². The van der Waals surface area contributed by atoms with Gasteiger partial charge in [-0.05, 0) is 55.3 Å². The van der Waals surface area contributed by atoms with Crippen LogP contribution in [0.2, 0.25) is 0 Å². The summed E-state index contributed by atoms with van der Waals surface area (Å²) in [7, 11) is 0. The molecule has 0 unspecified atom stereocenters. The van der Waals surface area contributed by atoms with E-state index in [9.17, 15) is 4.79 Å². The van der Waals surface area contributed by atoms with Crippen LogP contribution < -0.4 is 15.8 Å². The molecule has 1 aliphatic heterocycles. The van der Waals surface area contributed by atoms with E-state index in [2.05, 4.69) is 37.8 Å². The monoisotopic (exact) mass is 418 g/mol. The summed E-state index contributed by atoms with van der Waals surface area (Å²) < 4.78 is 5.67. The van der Waals surface area contributed by atoms with Crippen molar-refractivity contribution in [2.45, 2.75) is 39.3 Å². The van der Waals surface area contributed by atoms with E-state index in [0.29, 0.717) is 18.7 Å². The van der Waals surface area contributed by atoms with E-state index in [-0.39, 0.29) is 18.6 Å². The second-order valence-corrected chi connectivity index (χ2v) is 7.90.